The summed E-state index contributed by atoms with van der Waals surface area (Å²) in [5.41, 5.74) is 1.64. The first kappa shape index (κ1) is 19.3. The minimum absolute atomic E-state index is 0.196. The Morgan fingerprint density at radius 1 is 1.24 bits per heavy atom. The Hall–Kier alpha value is -3.00. The molecule has 148 valence electrons. The van der Waals surface area contributed by atoms with Crippen molar-refractivity contribution in [2.24, 2.45) is 5.92 Å². The van der Waals surface area contributed by atoms with Gasteiger partial charge in [-0.15, -0.1) is 0 Å². The number of hydrogen-bond acceptors (Lipinski definition) is 4. The zero-order valence-corrected chi connectivity index (χ0v) is 17.4. The van der Waals surface area contributed by atoms with Crippen LogP contribution in [0.1, 0.15) is 29.7 Å². The number of aromatic amines is 1. The van der Waals surface area contributed by atoms with Gasteiger partial charge in [0.15, 0.2) is 5.82 Å². The highest BCUT2D eigenvalue weighted by atomic mass is 79.9. The molecule has 1 aliphatic rings. The van der Waals surface area contributed by atoms with Gasteiger partial charge in [0.25, 0.3) is 0 Å². The zero-order valence-electron chi connectivity index (χ0n) is 15.8. The Morgan fingerprint density at radius 2 is 2.03 bits per heavy atom. The molecule has 1 saturated heterocycles. The molecule has 1 fully saturated rings. The first-order valence-electron chi connectivity index (χ1n) is 9.34. The summed E-state index contributed by atoms with van der Waals surface area (Å²) < 4.78 is 0.889. The molecule has 0 radical (unpaired) electrons. The summed E-state index contributed by atoms with van der Waals surface area (Å²) in [6.07, 6.45) is 0.464. The molecular weight excluding hydrogens is 434 g/mol. The van der Waals surface area contributed by atoms with E-state index in [0.717, 1.165) is 15.7 Å². The van der Waals surface area contributed by atoms with Crippen LogP contribution in [-0.4, -0.2) is 33.5 Å². The Balaban J connectivity index is 1.54. The maximum Gasteiger partial charge on any atom is 0.239 e. The molecule has 2 aromatic carbocycles. The van der Waals surface area contributed by atoms with Crippen molar-refractivity contribution < 1.29 is 9.59 Å². The van der Waals surface area contributed by atoms with Crippen LogP contribution in [0.25, 0.3) is 0 Å². The number of aryl methyl sites for hydroxylation is 1. The van der Waals surface area contributed by atoms with Crippen LogP contribution in [-0.2, 0) is 9.59 Å². The summed E-state index contributed by atoms with van der Waals surface area (Å²) >= 11 is 3.43. The smallest absolute Gasteiger partial charge is 0.239 e. The van der Waals surface area contributed by atoms with E-state index in [2.05, 4.69) is 36.4 Å². The van der Waals surface area contributed by atoms with E-state index in [0.29, 0.717) is 24.6 Å². The minimum atomic E-state index is -0.736. The average Bonchev–Trinajstić information content (AvgIpc) is 3.32. The maximum absolute atomic E-state index is 13.0. The van der Waals surface area contributed by atoms with Crippen LogP contribution in [0, 0.1) is 12.8 Å². The van der Waals surface area contributed by atoms with Crippen molar-refractivity contribution in [1.29, 1.82) is 0 Å². The van der Waals surface area contributed by atoms with E-state index < -0.39 is 12.0 Å². The fourth-order valence-electron chi connectivity index (χ4n) is 3.50. The predicted octanol–water partition coefficient (Wildman–Crippen LogP) is 3.13. The van der Waals surface area contributed by atoms with Crippen molar-refractivity contribution in [2.45, 2.75) is 19.4 Å². The van der Waals surface area contributed by atoms with Crippen molar-refractivity contribution in [1.82, 2.24) is 20.5 Å². The first-order chi connectivity index (χ1) is 14.0. The van der Waals surface area contributed by atoms with E-state index in [9.17, 15) is 9.59 Å². The number of anilines is 1. The highest BCUT2D eigenvalue weighted by Gasteiger charge is 2.39. The molecule has 29 heavy (non-hydrogen) atoms. The van der Waals surface area contributed by atoms with Crippen molar-refractivity contribution in [3.8, 4) is 0 Å². The van der Waals surface area contributed by atoms with Gasteiger partial charge in [-0.25, -0.2) is 4.98 Å². The molecule has 1 aliphatic heterocycles. The summed E-state index contributed by atoms with van der Waals surface area (Å²) in [5.74, 6) is -0.119. The van der Waals surface area contributed by atoms with Crippen molar-refractivity contribution in [3.63, 3.8) is 0 Å². The van der Waals surface area contributed by atoms with Gasteiger partial charge in [0.05, 0.1) is 0 Å². The van der Waals surface area contributed by atoms with Gasteiger partial charge in [-0.05, 0) is 37.1 Å². The molecule has 8 heteroatoms. The molecule has 1 aromatic heterocycles. The number of H-pyrrole nitrogens is 1. The van der Waals surface area contributed by atoms with E-state index in [1.807, 2.05) is 54.6 Å². The van der Waals surface area contributed by atoms with Crippen molar-refractivity contribution in [2.75, 3.05) is 11.4 Å². The van der Waals surface area contributed by atoms with E-state index in [4.69, 9.17) is 0 Å². The standard InChI is InChI=1S/C21H20BrN5O2/c1-13-23-19(26-25-13)18(14-6-3-2-4-7-14)24-20(28)17-10-11-27(21(17)29)16-9-5-8-15(22)12-16/h2-9,12,17-18H,10-11H2,1H3,(H,24,28)(H,23,25,26). The van der Waals surface area contributed by atoms with Gasteiger partial charge in [-0.1, -0.05) is 52.3 Å². The quantitative estimate of drug-likeness (QED) is 0.580. The molecule has 0 aliphatic carbocycles. The molecule has 2 N–H and O–H groups in total. The lowest BCUT2D eigenvalue weighted by Crippen LogP contribution is -2.39. The Morgan fingerprint density at radius 3 is 2.72 bits per heavy atom. The minimum Gasteiger partial charge on any atom is -0.341 e. The van der Waals surface area contributed by atoms with E-state index in [1.54, 1.807) is 11.8 Å². The number of carbonyl (C=O) groups excluding carboxylic acids is 2. The van der Waals surface area contributed by atoms with Crippen LogP contribution in [0.3, 0.4) is 0 Å². The van der Waals surface area contributed by atoms with E-state index in [-0.39, 0.29) is 11.8 Å². The summed E-state index contributed by atoms with van der Waals surface area (Å²) in [5, 5.41) is 10.0. The molecule has 0 saturated carbocycles. The second-order valence-corrected chi connectivity index (χ2v) is 7.86. The molecule has 2 unspecified atom stereocenters. The van der Waals surface area contributed by atoms with E-state index >= 15 is 0 Å². The monoisotopic (exact) mass is 453 g/mol. The second kappa shape index (κ2) is 8.16. The van der Waals surface area contributed by atoms with Gasteiger partial charge in [0, 0.05) is 16.7 Å². The topological polar surface area (TPSA) is 91.0 Å². The number of rotatable bonds is 5. The maximum atomic E-state index is 13.0. The van der Waals surface area contributed by atoms with Crippen LogP contribution in [0.5, 0.6) is 0 Å². The molecular formula is C21H20BrN5O2. The molecule has 7 nitrogen and oxygen atoms in total. The predicted molar refractivity (Wildman–Crippen MR) is 112 cm³/mol. The Bertz CT molecular complexity index is 1040. The van der Waals surface area contributed by atoms with Gasteiger partial charge in [0.2, 0.25) is 11.8 Å². The molecule has 4 rings (SSSR count). The number of carbonyl (C=O) groups is 2. The molecule has 2 heterocycles. The zero-order chi connectivity index (χ0) is 20.4. The van der Waals surface area contributed by atoms with Crippen molar-refractivity contribution >= 4 is 33.4 Å². The average molecular weight is 454 g/mol. The lowest BCUT2D eigenvalue weighted by molar-refractivity contribution is -0.132. The number of hydrogen-bond donors (Lipinski definition) is 2. The highest BCUT2D eigenvalue weighted by molar-refractivity contribution is 9.10. The summed E-state index contributed by atoms with van der Waals surface area (Å²) in [4.78, 5) is 32.0. The van der Waals surface area contributed by atoms with Crippen LogP contribution in [0.4, 0.5) is 5.69 Å². The largest absolute Gasteiger partial charge is 0.341 e. The lowest BCUT2D eigenvalue weighted by atomic mass is 10.0. The summed E-state index contributed by atoms with van der Waals surface area (Å²) in [7, 11) is 0. The van der Waals surface area contributed by atoms with Crippen molar-refractivity contribution in [3.05, 3.63) is 76.3 Å². The molecule has 2 amide bonds. The van der Waals surface area contributed by atoms with Crippen LogP contribution in [0.2, 0.25) is 0 Å². The van der Waals surface area contributed by atoms with Gasteiger partial charge >= 0.3 is 0 Å². The molecule has 3 aromatic rings. The van der Waals surface area contributed by atoms with Crippen LogP contribution in [0.15, 0.2) is 59.1 Å². The SMILES string of the molecule is Cc1nc(C(NC(=O)C2CCN(c3cccc(Br)c3)C2=O)c2ccccc2)n[nH]1. The number of halogens is 1. The number of amides is 2. The third kappa shape index (κ3) is 4.07. The number of nitrogens with zero attached hydrogens (tertiary/aromatic N) is 3. The first-order valence-corrected chi connectivity index (χ1v) is 10.1. The highest BCUT2D eigenvalue weighted by Crippen LogP contribution is 2.28. The number of nitrogens with one attached hydrogen (secondary N) is 2. The van der Waals surface area contributed by atoms with Gasteiger partial charge < -0.3 is 10.2 Å². The number of benzene rings is 2. The molecule has 2 atom stereocenters. The third-order valence-electron chi connectivity index (χ3n) is 4.93. The Kier molecular flexibility index (Phi) is 5.44. The third-order valence-corrected chi connectivity index (χ3v) is 5.43. The fourth-order valence-corrected chi connectivity index (χ4v) is 3.89. The van der Waals surface area contributed by atoms with Gasteiger partial charge in [0.1, 0.15) is 17.8 Å². The second-order valence-electron chi connectivity index (χ2n) is 6.94. The van der Waals surface area contributed by atoms with E-state index in [1.165, 1.54) is 0 Å². The Labute approximate surface area is 176 Å². The van der Waals surface area contributed by atoms with Crippen LogP contribution < -0.4 is 10.2 Å². The summed E-state index contributed by atoms with van der Waals surface area (Å²) in [6, 6.07) is 16.5. The molecule has 0 bridgehead atoms. The van der Waals surface area contributed by atoms with Gasteiger partial charge in [-0.2, -0.15) is 5.10 Å². The summed E-state index contributed by atoms with van der Waals surface area (Å²) in [6.45, 7) is 2.31. The molecule has 0 spiro atoms. The van der Waals surface area contributed by atoms with Crippen LogP contribution >= 0.6 is 15.9 Å². The fraction of sp³-hybridized carbons (Fsp3) is 0.238. The lowest BCUT2D eigenvalue weighted by Gasteiger charge is -2.20. The number of aromatic nitrogens is 3. The van der Waals surface area contributed by atoms with Gasteiger partial charge in [-0.3, -0.25) is 14.7 Å². The normalized spacial score (nSPS) is 17.4.